The van der Waals surface area contributed by atoms with Crippen LogP contribution in [0.3, 0.4) is 0 Å². The maximum absolute atomic E-state index is 13.8. The molecule has 0 saturated heterocycles. The van der Waals surface area contributed by atoms with E-state index in [0.29, 0.717) is 76.8 Å². The first kappa shape index (κ1) is 44.4. The average molecular weight is 965 g/mol. The smallest absolute Gasteiger partial charge is 0.416 e. The van der Waals surface area contributed by atoms with Crippen molar-refractivity contribution in [2.75, 3.05) is 9.80 Å². The Kier molecular flexibility index (Phi) is 9.95. The van der Waals surface area contributed by atoms with Gasteiger partial charge in [0.15, 0.2) is 0 Å². The molecule has 0 saturated carbocycles. The van der Waals surface area contributed by atoms with Crippen molar-refractivity contribution in [1.29, 1.82) is 0 Å². The maximum atomic E-state index is 13.8. The molecule has 9 aromatic carbocycles. The Hall–Kier alpha value is -8.14. The Morgan fingerprint density at radius 3 is 0.786 bits per heavy atom. The SMILES string of the molecule is FC(F)(F)c1ccc(N(c2ccc(C(F)(F)F)cc2)c2cc3oc4ccc5oc6cc(N(c7ccc(C(F)(F)F)cc7)c7ccc(C(F)(F)F)cc7)c7ccccc7c6c5c4c3c3ccccc23)cc1. The van der Waals surface area contributed by atoms with Crippen molar-refractivity contribution in [2.45, 2.75) is 24.7 Å². The first-order chi connectivity index (χ1) is 33.2. The van der Waals surface area contributed by atoms with Gasteiger partial charge in [-0.2, -0.15) is 52.7 Å². The summed E-state index contributed by atoms with van der Waals surface area (Å²) >= 11 is 0. The third-order valence-corrected chi connectivity index (χ3v) is 12.3. The van der Waals surface area contributed by atoms with Crippen LogP contribution in [0, 0.1) is 0 Å². The van der Waals surface area contributed by atoms with Crippen LogP contribution in [0.2, 0.25) is 0 Å². The fraction of sp³-hybridized carbons (Fsp3) is 0.0741. The Balaban J connectivity index is 1.16. The highest BCUT2D eigenvalue weighted by atomic mass is 19.4. The number of rotatable bonds is 6. The van der Waals surface area contributed by atoms with Gasteiger partial charge in [-0.1, -0.05) is 48.5 Å². The normalized spacial score (nSPS) is 12.9. The number of alkyl halides is 12. The van der Waals surface area contributed by atoms with Crippen LogP contribution in [0.5, 0.6) is 0 Å². The second-order valence-corrected chi connectivity index (χ2v) is 16.5. The first-order valence-electron chi connectivity index (χ1n) is 21.2. The molecule has 0 amide bonds. The minimum atomic E-state index is -4.66. The molecule has 0 N–H and O–H groups in total. The number of fused-ring (bicyclic) bond motifs is 11. The zero-order chi connectivity index (χ0) is 49.1. The summed E-state index contributed by atoms with van der Waals surface area (Å²) in [5.41, 5.74) is -0.714. The van der Waals surface area contributed by atoms with Gasteiger partial charge in [0.25, 0.3) is 0 Å². The summed E-state index contributed by atoms with van der Waals surface area (Å²) in [5.74, 6) is 0. The van der Waals surface area contributed by atoms with Crippen molar-refractivity contribution in [1.82, 2.24) is 0 Å². The lowest BCUT2D eigenvalue weighted by molar-refractivity contribution is -0.138. The highest BCUT2D eigenvalue weighted by Gasteiger charge is 2.34. The van der Waals surface area contributed by atoms with Gasteiger partial charge in [0.2, 0.25) is 0 Å². The van der Waals surface area contributed by atoms with E-state index in [1.807, 2.05) is 12.1 Å². The molecule has 4 nitrogen and oxygen atoms in total. The summed E-state index contributed by atoms with van der Waals surface area (Å²) in [6.07, 6.45) is -18.6. The molecule has 70 heavy (non-hydrogen) atoms. The highest BCUT2D eigenvalue weighted by molar-refractivity contribution is 6.35. The number of anilines is 6. The number of hydrogen-bond acceptors (Lipinski definition) is 4. The van der Waals surface area contributed by atoms with E-state index in [4.69, 9.17) is 8.83 Å². The van der Waals surface area contributed by atoms with Gasteiger partial charge in [0.05, 0.1) is 33.6 Å². The minimum absolute atomic E-state index is 0.209. The van der Waals surface area contributed by atoms with Crippen molar-refractivity contribution < 1.29 is 61.5 Å². The van der Waals surface area contributed by atoms with Crippen LogP contribution in [0.15, 0.2) is 179 Å². The average Bonchev–Trinajstić information content (AvgIpc) is 3.90. The predicted octanol–water partition coefficient (Wildman–Crippen LogP) is 18.8. The van der Waals surface area contributed by atoms with Crippen molar-refractivity contribution in [3.8, 4) is 0 Å². The molecule has 0 atom stereocenters. The van der Waals surface area contributed by atoms with Gasteiger partial charge in [-0.15, -0.1) is 0 Å². The zero-order valence-corrected chi connectivity index (χ0v) is 35.4. The first-order valence-corrected chi connectivity index (χ1v) is 21.2. The fourth-order valence-electron chi connectivity index (χ4n) is 9.23. The Morgan fingerprint density at radius 2 is 0.529 bits per heavy atom. The van der Waals surface area contributed by atoms with Crippen LogP contribution in [0.1, 0.15) is 22.3 Å². The van der Waals surface area contributed by atoms with E-state index >= 15 is 0 Å². The molecule has 0 fully saturated rings. The molecular formula is C54H28F12N2O2. The van der Waals surface area contributed by atoms with Crippen LogP contribution in [0.4, 0.5) is 86.8 Å². The molecule has 0 aliphatic rings. The molecule has 0 aliphatic carbocycles. The van der Waals surface area contributed by atoms with E-state index in [0.717, 1.165) is 48.5 Å². The van der Waals surface area contributed by atoms with Crippen molar-refractivity contribution >= 4 is 99.5 Å². The summed E-state index contributed by atoms with van der Waals surface area (Å²) in [5, 5.41) is 4.73. The van der Waals surface area contributed by atoms with Crippen LogP contribution in [-0.2, 0) is 24.7 Å². The van der Waals surface area contributed by atoms with Gasteiger partial charge in [-0.05, 0) is 120 Å². The van der Waals surface area contributed by atoms with Gasteiger partial charge < -0.3 is 18.6 Å². The lowest BCUT2D eigenvalue weighted by Gasteiger charge is -2.27. The van der Waals surface area contributed by atoms with Crippen molar-refractivity contribution in [3.05, 3.63) is 192 Å². The van der Waals surface area contributed by atoms with Crippen LogP contribution in [0.25, 0.3) is 65.4 Å². The Bertz CT molecular complexity index is 3450. The van der Waals surface area contributed by atoms with Gasteiger partial charge in [0, 0.05) is 67.2 Å². The molecule has 2 heterocycles. The highest BCUT2D eigenvalue weighted by Crippen LogP contribution is 2.51. The number of benzene rings is 9. The predicted molar refractivity (Wildman–Crippen MR) is 245 cm³/mol. The van der Waals surface area contributed by atoms with E-state index < -0.39 is 47.0 Å². The quantitative estimate of drug-likeness (QED) is 0.156. The summed E-state index contributed by atoms with van der Waals surface area (Å²) in [6.45, 7) is 0. The lowest BCUT2D eigenvalue weighted by atomic mass is 9.96. The number of furan rings is 2. The molecular weight excluding hydrogens is 937 g/mol. The summed E-state index contributed by atoms with van der Waals surface area (Å²) in [4.78, 5) is 3.10. The lowest BCUT2D eigenvalue weighted by Crippen LogP contribution is -2.12. The molecule has 11 aromatic rings. The molecule has 2 aromatic heterocycles. The molecule has 0 bridgehead atoms. The monoisotopic (exact) mass is 964 g/mol. The van der Waals surface area contributed by atoms with Gasteiger partial charge in [0.1, 0.15) is 22.3 Å². The molecule has 11 rings (SSSR count). The van der Waals surface area contributed by atoms with E-state index in [9.17, 15) is 52.7 Å². The summed E-state index contributed by atoms with van der Waals surface area (Å²) in [7, 11) is 0. The molecule has 0 unspecified atom stereocenters. The zero-order valence-electron chi connectivity index (χ0n) is 35.4. The molecule has 350 valence electrons. The molecule has 0 spiro atoms. The van der Waals surface area contributed by atoms with E-state index in [1.165, 1.54) is 48.5 Å². The van der Waals surface area contributed by atoms with Crippen molar-refractivity contribution in [2.24, 2.45) is 0 Å². The van der Waals surface area contributed by atoms with E-state index in [2.05, 4.69) is 0 Å². The third-order valence-electron chi connectivity index (χ3n) is 12.3. The van der Waals surface area contributed by atoms with E-state index in [-0.39, 0.29) is 22.7 Å². The largest absolute Gasteiger partial charge is 0.456 e. The van der Waals surface area contributed by atoms with Crippen LogP contribution in [-0.4, -0.2) is 0 Å². The minimum Gasteiger partial charge on any atom is -0.456 e. The number of nitrogens with zero attached hydrogens (tertiary/aromatic N) is 2. The number of halogens is 12. The van der Waals surface area contributed by atoms with Gasteiger partial charge >= 0.3 is 24.7 Å². The fourth-order valence-corrected chi connectivity index (χ4v) is 9.23. The van der Waals surface area contributed by atoms with Crippen molar-refractivity contribution in [3.63, 3.8) is 0 Å². The number of hydrogen-bond donors (Lipinski definition) is 0. The van der Waals surface area contributed by atoms with Gasteiger partial charge in [-0.3, -0.25) is 0 Å². The topological polar surface area (TPSA) is 32.8 Å². The van der Waals surface area contributed by atoms with Crippen LogP contribution < -0.4 is 9.80 Å². The summed E-state index contributed by atoms with van der Waals surface area (Å²) < 4.78 is 178. The second kappa shape index (κ2) is 15.7. The molecule has 0 radical (unpaired) electrons. The second-order valence-electron chi connectivity index (χ2n) is 16.5. The Morgan fingerprint density at radius 1 is 0.271 bits per heavy atom. The Labute approximate surface area is 386 Å². The molecule has 16 heteroatoms. The van der Waals surface area contributed by atoms with E-state index in [1.54, 1.807) is 70.5 Å². The standard InChI is InChI=1S/C54H28F12N2O2/c55-51(56,57)29-9-17-33(18-10-29)67(34-19-11-30(12-20-34)52(58,59)60)41-27-45-47(39-7-3-1-5-37(39)41)49-43(69-45)25-26-44-50(49)48-40-8-4-2-6-38(40)42(28-46(48)70-44)68(35-21-13-31(14-22-35)53(61,62)63)36-23-15-32(16-24-36)54(64,65)66/h1-28H. The van der Waals surface area contributed by atoms with Gasteiger partial charge in [-0.25, -0.2) is 0 Å². The van der Waals surface area contributed by atoms with Crippen LogP contribution >= 0.6 is 0 Å². The molecule has 0 aliphatic heterocycles. The summed E-state index contributed by atoms with van der Waals surface area (Å²) in [6, 6.07) is 37.9. The maximum Gasteiger partial charge on any atom is 0.416 e. The third kappa shape index (κ3) is 7.45.